The summed E-state index contributed by atoms with van der Waals surface area (Å²) in [6.45, 7) is 27.9. The summed E-state index contributed by atoms with van der Waals surface area (Å²) in [5.74, 6) is 6.01. The van der Waals surface area contributed by atoms with Gasteiger partial charge < -0.3 is 40.5 Å². The third-order valence-electron chi connectivity index (χ3n) is 13.7. The van der Waals surface area contributed by atoms with Gasteiger partial charge in [-0.05, 0) is 135 Å². The molecule has 17 nitrogen and oxygen atoms in total. The first-order valence-electron chi connectivity index (χ1n) is 33.0. The smallest absolute Gasteiger partial charge is 0.308 e. The molecule has 8 aromatic carbocycles. The summed E-state index contributed by atoms with van der Waals surface area (Å²) in [5, 5.41) is 79.9. The summed E-state index contributed by atoms with van der Waals surface area (Å²) >= 11 is 12.7. The maximum Gasteiger partial charge on any atom is 0.308 e. The van der Waals surface area contributed by atoms with Crippen molar-refractivity contribution < 1.29 is 45.3 Å². The molecule has 0 amide bonds. The average molecular weight is 1720 g/mol. The second-order valence-electron chi connectivity index (χ2n) is 20.6. The molecule has 0 aliphatic carbocycles. The van der Waals surface area contributed by atoms with E-state index in [9.17, 15) is 40.5 Å². The lowest BCUT2D eigenvalue weighted by Crippen LogP contribution is -2.01. The number of alkyl halides is 2. The second-order valence-corrected chi connectivity index (χ2v) is 22.3. The van der Waals surface area contributed by atoms with E-state index in [2.05, 4.69) is 143 Å². The molecule has 109 heavy (non-hydrogen) atoms. The Hall–Kier alpha value is -12.0. The van der Waals surface area contributed by atoms with Crippen LogP contribution in [0.4, 0.5) is 0 Å². The minimum atomic E-state index is -0.324. The van der Waals surface area contributed by atoms with Crippen molar-refractivity contribution in [3.63, 3.8) is 0 Å². The molecule has 562 valence electrons. The Labute approximate surface area is 670 Å². The van der Waals surface area contributed by atoms with E-state index in [-0.39, 0.29) is 11.7 Å². The molecule has 0 atom stereocenters. The predicted octanol–water partition coefficient (Wildman–Crippen LogP) is 24.3. The van der Waals surface area contributed by atoms with E-state index in [0.29, 0.717) is 40.2 Å². The van der Waals surface area contributed by atoms with Crippen LogP contribution in [0.5, 0.6) is 46.0 Å². The Bertz CT molecular complexity index is 4680. The number of halogens is 4. The van der Waals surface area contributed by atoms with Gasteiger partial charge >= 0.3 is 5.97 Å². The van der Waals surface area contributed by atoms with Crippen LogP contribution in [0.15, 0.2) is 342 Å². The molecule has 0 saturated heterocycles. The molecule has 16 rings (SSSR count). The van der Waals surface area contributed by atoms with Crippen LogP contribution >= 0.6 is 63.7 Å². The topological polar surface area (TPSA) is 271 Å². The van der Waals surface area contributed by atoms with Gasteiger partial charge in [-0.1, -0.05) is 163 Å². The SMILES string of the molecule is C=C.C=C.C=CC.C=CC.CBr.CBr.CC.CC(=O)Oc1ccc(Br)c2cnccc12.Oc1ccc(Br)c2cnccc12.Oc1cccc2cnccc12.Oc1cccc2cnccc12.Oc1cccc2cnccc12.Oc1cccc2cnccc12.Oc1cccc2cnccc12.Oc1cccc2cnccc12. The zero-order valence-corrected chi connectivity index (χ0v) is 67.8. The Morgan fingerprint density at radius 2 is 0.495 bits per heavy atom. The van der Waals surface area contributed by atoms with Gasteiger partial charge in [-0.2, -0.15) is 0 Å². The zero-order valence-electron chi connectivity index (χ0n) is 61.5. The van der Waals surface area contributed by atoms with Crippen molar-refractivity contribution >= 4 is 156 Å². The van der Waals surface area contributed by atoms with E-state index in [1.54, 1.807) is 245 Å². The van der Waals surface area contributed by atoms with Gasteiger partial charge in [0.1, 0.15) is 46.0 Å². The van der Waals surface area contributed by atoms with Gasteiger partial charge in [0.25, 0.3) is 0 Å². The van der Waals surface area contributed by atoms with Crippen molar-refractivity contribution in [2.24, 2.45) is 0 Å². The number of esters is 1. The van der Waals surface area contributed by atoms with Crippen LogP contribution in [0.25, 0.3) is 86.2 Å². The number of carbonyl (C=O) groups excluding carboxylic acids is 1. The Kier molecular flexibility index (Phi) is 46.6. The van der Waals surface area contributed by atoms with Crippen molar-refractivity contribution in [1.29, 1.82) is 0 Å². The molecule has 0 aliphatic heterocycles. The number of nitrogens with zero attached hydrogens (tertiary/aromatic N) is 8. The minimum absolute atomic E-state index is 0.288. The standard InChI is InChI=1S/C11H8BrNO2.C9H6BrNO.6C9H7NO.2C3H6.C2H6.2C2H4.2CH3Br/c1-7(14)15-11-3-2-10(12)9-6-13-5-4-8(9)11;10-8-1-2-9(12)6-3-4-11-5-7(6)8;6*11-9-3-1-2-7-6-10-5-4-8(7)9;2*1-3-2;5*1-2/h2-6H,1H3;1-5,12H;6*1-6,11H;2*3H,1H2,2H3;1-2H3;2*1-2H2;2*1H3. The molecule has 8 aromatic heterocycles. The number of phenolic OH excluding ortho intramolecular Hbond substituents is 7. The van der Waals surface area contributed by atoms with Crippen LogP contribution in [0.3, 0.4) is 0 Å². The summed E-state index contributed by atoms with van der Waals surface area (Å²) in [7, 11) is 0. The number of pyridine rings is 8. The van der Waals surface area contributed by atoms with Gasteiger partial charge in [0.05, 0.1) is 0 Å². The molecule has 7 N–H and O–H groups in total. The van der Waals surface area contributed by atoms with Crippen LogP contribution in [0.2, 0.25) is 0 Å². The first-order chi connectivity index (χ1) is 53.1. The molecule has 0 unspecified atom stereocenters. The van der Waals surface area contributed by atoms with Crippen LogP contribution in [-0.2, 0) is 4.79 Å². The first-order valence-corrected chi connectivity index (χ1v) is 37.7. The number of phenols is 7. The molecule has 8 heterocycles. The fourth-order valence-corrected chi connectivity index (χ4v) is 10.0. The van der Waals surface area contributed by atoms with E-state index in [4.69, 9.17) is 4.74 Å². The number of hydrogen-bond acceptors (Lipinski definition) is 17. The van der Waals surface area contributed by atoms with Crippen LogP contribution in [-0.4, -0.2) is 93.3 Å². The van der Waals surface area contributed by atoms with Crippen molar-refractivity contribution in [1.82, 2.24) is 39.9 Å². The van der Waals surface area contributed by atoms with Gasteiger partial charge in [0, 0.05) is 201 Å². The average Bonchev–Trinajstić information content (AvgIpc) is 0.861. The first kappa shape index (κ1) is 93.1. The number of fused-ring (bicyclic) bond motifs is 8. The highest BCUT2D eigenvalue weighted by molar-refractivity contribution is 9.11. The Morgan fingerprint density at radius 1 is 0.303 bits per heavy atom. The lowest BCUT2D eigenvalue weighted by Gasteiger charge is -2.06. The maximum atomic E-state index is 10.9. The summed E-state index contributed by atoms with van der Waals surface area (Å²) in [5.41, 5.74) is 0. The number of benzene rings is 8. The molecule has 0 bridgehead atoms. The van der Waals surface area contributed by atoms with Crippen LogP contribution in [0.1, 0.15) is 34.6 Å². The lowest BCUT2D eigenvalue weighted by molar-refractivity contribution is -0.131. The highest BCUT2D eigenvalue weighted by Gasteiger charge is 2.08. The van der Waals surface area contributed by atoms with Crippen molar-refractivity contribution in [3.8, 4) is 46.0 Å². The van der Waals surface area contributed by atoms with Crippen LogP contribution in [0, 0.1) is 0 Å². The summed E-state index contributed by atoms with van der Waals surface area (Å²) < 4.78 is 6.97. The normalized spacial score (nSPS) is 9.20. The van der Waals surface area contributed by atoms with Crippen molar-refractivity contribution in [2.45, 2.75) is 34.6 Å². The van der Waals surface area contributed by atoms with E-state index in [0.717, 1.165) is 95.1 Å². The molecular weight excluding hydrogens is 1630 g/mol. The number of ether oxygens (including phenoxy) is 1. The molecule has 0 saturated carbocycles. The van der Waals surface area contributed by atoms with Crippen molar-refractivity contribution in [2.75, 3.05) is 11.7 Å². The highest BCUT2D eigenvalue weighted by Crippen LogP contribution is 2.33. The van der Waals surface area contributed by atoms with E-state index in [1.807, 2.05) is 87.9 Å². The molecule has 0 spiro atoms. The molecule has 0 fully saturated rings. The minimum Gasteiger partial charge on any atom is -0.507 e. The summed E-state index contributed by atoms with van der Waals surface area (Å²) in [6.07, 6.45) is 30.7. The number of allylic oxidation sites excluding steroid dienone is 2. The van der Waals surface area contributed by atoms with Crippen LogP contribution < -0.4 is 4.74 Å². The number of carbonyl (C=O) groups is 1. The summed E-state index contributed by atoms with van der Waals surface area (Å²) in [4.78, 5) is 42.5. The van der Waals surface area contributed by atoms with Gasteiger partial charge in [0.2, 0.25) is 0 Å². The number of hydrogen-bond donors (Lipinski definition) is 7. The Morgan fingerprint density at radius 3 is 0.716 bits per heavy atom. The second kappa shape index (κ2) is 54.6. The van der Waals surface area contributed by atoms with Gasteiger partial charge in [-0.15, -0.1) is 39.5 Å². The number of aromatic hydroxyl groups is 7. The third kappa shape index (κ3) is 30.8. The largest absolute Gasteiger partial charge is 0.507 e. The predicted molar refractivity (Wildman–Crippen MR) is 468 cm³/mol. The fourth-order valence-electron chi connectivity index (χ4n) is 9.14. The van der Waals surface area contributed by atoms with Gasteiger partial charge in [0.15, 0.2) is 0 Å². The molecule has 0 aliphatic rings. The quantitative estimate of drug-likeness (QED) is 0.0348. The van der Waals surface area contributed by atoms with Gasteiger partial charge in [-0.25, -0.2) is 0 Å². The number of aromatic nitrogens is 8. The molecular formula is C88H88Br4N8O9. The maximum absolute atomic E-state index is 10.9. The van der Waals surface area contributed by atoms with Gasteiger partial charge in [-0.3, -0.25) is 44.7 Å². The lowest BCUT2D eigenvalue weighted by atomic mass is 10.1. The highest BCUT2D eigenvalue weighted by atomic mass is 79.9. The van der Waals surface area contributed by atoms with E-state index in [1.165, 1.54) is 6.92 Å². The van der Waals surface area contributed by atoms with E-state index < -0.39 is 0 Å². The van der Waals surface area contributed by atoms with E-state index >= 15 is 0 Å². The Balaban J connectivity index is 0.000000412. The van der Waals surface area contributed by atoms with Crippen molar-refractivity contribution in [3.05, 3.63) is 342 Å². The third-order valence-corrected chi connectivity index (χ3v) is 15.0. The zero-order chi connectivity index (χ0) is 80.9. The molecule has 0 radical (unpaired) electrons. The fraction of sp³-hybridized carbons (Fsp3) is 0.0795. The summed E-state index contributed by atoms with van der Waals surface area (Å²) in [6, 6.07) is 53.8. The molecule has 21 heteroatoms. The monoisotopic (exact) mass is 1720 g/mol. The number of rotatable bonds is 1. The molecule has 16 aromatic rings.